The Labute approximate surface area is 159 Å². The van der Waals surface area contributed by atoms with E-state index in [1.165, 1.54) is 5.56 Å². The molecule has 126 valence electrons. The molecule has 2 N–H and O–H groups in total. The van der Waals surface area contributed by atoms with Crippen molar-refractivity contribution in [2.24, 2.45) is 0 Å². The van der Waals surface area contributed by atoms with Crippen molar-refractivity contribution in [2.75, 3.05) is 18.8 Å². The summed E-state index contributed by atoms with van der Waals surface area (Å²) in [4.78, 5) is 23.8. The third kappa shape index (κ3) is 6.52. The number of thioether (sulfide) groups is 1. The van der Waals surface area contributed by atoms with Crippen molar-refractivity contribution in [3.8, 4) is 0 Å². The first kappa shape index (κ1) is 18.8. The standard InChI is InChI=1S/C18H19IN2O2S/c19-16-9-5-4-8-15(16)18(23)21-12-17(22)20-10-11-24-13-14-6-2-1-3-7-14/h1-9H,10-13H2,(H,20,22)(H,21,23). The van der Waals surface area contributed by atoms with Gasteiger partial charge in [-0.05, 0) is 40.3 Å². The number of hydrogen-bond acceptors (Lipinski definition) is 3. The van der Waals surface area contributed by atoms with Crippen LogP contribution in [0.4, 0.5) is 0 Å². The Morgan fingerprint density at radius 3 is 2.42 bits per heavy atom. The van der Waals surface area contributed by atoms with Crippen molar-refractivity contribution in [1.82, 2.24) is 10.6 Å². The molecule has 0 unspecified atom stereocenters. The topological polar surface area (TPSA) is 58.2 Å². The summed E-state index contributed by atoms with van der Waals surface area (Å²) < 4.78 is 0.866. The molecule has 0 aromatic heterocycles. The summed E-state index contributed by atoms with van der Waals surface area (Å²) in [5, 5.41) is 5.46. The number of hydrogen-bond donors (Lipinski definition) is 2. The maximum absolute atomic E-state index is 12.0. The first-order valence-corrected chi connectivity index (χ1v) is 9.81. The molecule has 0 radical (unpaired) electrons. The maximum atomic E-state index is 12.0. The average Bonchev–Trinajstić information content (AvgIpc) is 2.60. The van der Waals surface area contributed by atoms with E-state index in [0.717, 1.165) is 15.1 Å². The SMILES string of the molecule is O=C(CNC(=O)c1ccccc1I)NCCSCc1ccccc1. The molecule has 0 saturated heterocycles. The number of carbonyl (C=O) groups is 2. The summed E-state index contributed by atoms with van der Waals surface area (Å²) in [7, 11) is 0. The lowest BCUT2D eigenvalue weighted by molar-refractivity contribution is -0.120. The van der Waals surface area contributed by atoms with Gasteiger partial charge in [-0.2, -0.15) is 11.8 Å². The Morgan fingerprint density at radius 1 is 0.958 bits per heavy atom. The quantitative estimate of drug-likeness (QED) is 0.476. The average molecular weight is 454 g/mol. The fourth-order valence-corrected chi connectivity index (χ4v) is 3.44. The van der Waals surface area contributed by atoms with Gasteiger partial charge in [-0.15, -0.1) is 0 Å². The molecular formula is C18H19IN2O2S. The van der Waals surface area contributed by atoms with Crippen molar-refractivity contribution in [1.29, 1.82) is 0 Å². The summed E-state index contributed by atoms with van der Waals surface area (Å²) >= 11 is 3.87. The van der Waals surface area contributed by atoms with Gasteiger partial charge in [0.25, 0.3) is 5.91 Å². The molecule has 0 aliphatic heterocycles. The van der Waals surface area contributed by atoms with E-state index in [9.17, 15) is 9.59 Å². The van der Waals surface area contributed by atoms with E-state index in [-0.39, 0.29) is 18.4 Å². The molecule has 4 nitrogen and oxygen atoms in total. The molecule has 24 heavy (non-hydrogen) atoms. The predicted octanol–water partition coefficient (Wildman–Crippen LogP) is 3.07. The van der Waals surface area contributed by atoms with Crippen molar-refractivity contribution in [3.63, 3.8) is 0 Å². The Morgan fingerprint density at radius 2 is 1.67 bits per heavy atom. The lowest BCUT2D eigenvalue weighted by atomic mass is 10.2. The number of halogens is 1. The zero-order valence-electron chi connectivity index (χ0n) is 13.1. The smallest absolute Gasteiger partial charge is 0.252 e. The van der Waals surface area contributed by atoms with Crippen LogP contribution < -0.4 is 10.6 Å². The van der Waals surface area contributed by atoms with Gasteiger partial charge in [-0.3, -0.25) is 9.59 Å². The second-order valence-corrected chi connectivity index (χ2v) is 7.32. The lowest BCUT2D eigenvalue weighted by Crippen LogP contribution is -2.38. The van der Waals surface area contributed by atoms with Crippen molar-refractivity contribution in [3.05, 3.63) is 69.3 Å². The molecule has 2 rings (SSSR count). The molecule has 0 atom stereocenters. The molecule has 2 amide bonds. The van der Waals surface area contributed by atoms with Gasteiger partial charge in [0.15, 0.2) is 0 Å². The zero-order chi connectivity index (χ0) is 17.2. The van der Waals surface area contributed by atoms with E-state index in [1.807, 2.05) is 30.3 Å². The Hall–Kier alpha value is -1.54. The van der Waals surface area contributed by atoms with E-state index in [4.69, 9.17) is 0 Å². The largest absolute Gasteiger partial charge is 0.354 e. The minimum atomic E-state index is -0.228. The molecular weight excluding hydrogens is 435 g/mol. The number of carbonyl (C=O) groups excluding carboxylic acids is 2. The summed E-state index contributed by atoms with van der Waals surface area (Å²) in [5.41, 5.74) is 1.86. The number of nitrogens with one attached hydrogen (secondary N) is 2. The normalized spacial score (nSPS) is 10.2. The van der Waals surface area contributed by atoms with Crippen LogP contribution in [0, 0.1) is 3.57 Å². The molecule has 0 aliphatic carbocycles. The fraction of sp³-hybridized carbons (Fsp3) is 0.222. The van der Waals surface area contributed by atoms with Gasteiger partial charge in [-0.1, -0.05) is 42.5 Å². The number of amides is 2. The molecule has 2 aromatic carbocycles. The van der Waals surface area contributed by atoms with Crippen molar-refractivity contribution < 1.29 is 9.59 Å². The number of rotatable bonds is 8. The van der Waals surface area contributed by atoms with E-state index in [1.54, 1.807) is 23.9 Å². The predicted molar refractivity (Wildman–Crippen MR) is 107 cm³/mol. The molecule has 0 aliphatic rings. The second-order valence-electron chi connectivity index (χ2n) is 5.05. The minimum Gasteiger partial charge on any atom is -0.354 e. The van der Waals surface area contributed by atoms with E-state index in [0.29, 0.717) is 12.1 Å². The highest BCUT2D eigenvalue weighted by molar-refractivity contribution is 14.1. The molecule has 0 spiro atoms. The Balaban J connectivity index is 1.60. The Kier molecular flexibility index (Phi) is 8.11. The lowest BCUT2D eigenvalue weighted by Gasteiger charge is -2.08. The molecule has 6 heteroatoms. The molecule has 0 saturated carbocycles. The maximum Gasteiger partial charge on any atom is 0.252 e. The molecule has 0 bridgehead atoms. The second kappa shape index (κ2) is 10.4. The molecule has 2 aromatic rings. The Bertz CT molecular complexity index is 680. The van der Waals surface area contributed by atoms with Crippen LogP contribution in [0.2, 0.25) is 0 Å². The van der Waals surface area contributed by atoms with E-state index >= 15 is 0 Å². The van der Waals surface area contributed by atoms with Crippen LogP contribution in [0.1, 0.15) is 15.9 Å². The van der Waals surface area contributed by atoms with Crippen molar-refractivity contribution in [2.45, 2.75) is 5.75 Å². The van der Waals surface area contributed by atoms with Gasteiger partial charge in [0, 0.05) is 21.6 Å². The van der Waals surface area contributed by atoms with Gasteiger partial charge in [0.1, 0.15) is 0 Å². The third-order valence-electron chi connectivity index (χ3n) is 3.21. The van der Waals surface area contributed by atoms with Crippen LogP contribution in [0.15, 0.2) is 54.6 Å². The highest BCUT2D eigenvalue weighted by Gasteiger charge is 2.10. The van der Waals surface area contributed by atoms with Crippen LogP contribution in [-0.4, -0.2) is 30.7 Å². The van der Waals surface area contributed by atoms with Gasteiger partial charge in [0.2, 0.25) is 5.91 Å². The van der Waals surface area contributed by atoms with Gasteiger partial charge in [0.05, 0.1) is 12.1 Å². The summed E-state index contributed by atoms with van der Waals surface area (Å²) in [6, 6.07) is 17.5. The van der Waals surface area contributed by atoms with Crippen LogP contribution >= 0.6 is 34.4 Å². The zero-order valence-corrected chi connectivity index (χ0v) is 16.1. The van der Waals surface area contributed by atoms with E-state index < -0.39 is 0 Å². The van der Waals surface area contributed by atoms with E-state index in [2.05, 4.69) is 45.4 Å². The van der Waals surface area contributed by atoms with Gasteiger partial charge in [-0.25, -0.2) is 0 Å². The van der Waals surface area contributed by atoms with Crippen molar-refractivity contribution >= 4 is 46.2 Å². The summed E-state index contributed by atoms with van der Waals surface area (Å²) in [5.74, 6) is 1.37. The minimum absolute atomic E-state index is 0.00679. The number of benzene rings is 2. The monoisotopic (exact) mass is 454 g/mol. The van der Waals surface area contributed by atoms with Crippen LogP contribution in [0.3, 0.4) is 0 Å². The van der Waals surface area contributed by atoms with Crippen LogP contribution in [0.5, 0.6) is 0 Å². The molecule has 0 heterocycles. The van der Waals surface area contributed by atoms with Gasteiger partial charge >= 0.3 is 0 Å². The van der Waals surface area contributed by atoms with Gasteiger partial charge < -0.3 is 10.6 Å². The summed E-state index contributed by atoms with van der Waals surface area (Å²) in [6.45, 7) is 0.586. The summed E-state index contributed by atoms with van der Waals surface area (Å²) in [6.07, 6.45) is 0. The first-order chi connectivity index (χ1) is 11.7. The van der Waals surface area contributed by atoms with Crippen LogP contribution in [-0.2, 0) is 10.5 Å². The highest BCUT2D eigenvalue weighted by Crippen LogP contribution is 2.11. The molecule has 0 fully saturated rings. The fourth-order valence-electron chi connectivity index (χ4n) is 1.99. The third-order valence-corrected chi connectivity index (χ3v) is 5.18. The first-order valence-electron chi connectivity index (χ1n) is 7.58. The highest BCUT2D eigenvalue weighted by atomic mass is 127. The van der Waals surface area contributed by atoms with Crippen LogP contribution in [0.25, 0.3) is 0 Å².